The Hall–Kier alpha value is -2.55. The zero-order valence-corrected chi connectivity index (χ0v) is 22.6. The molecule has 0 unspecified atom stereocenters. The van der Waals surface area contributed by atoms with Crippen LogP contribution in [-0.2, 0) is 16.1 Å². The quantitative estimate of drug-likeness (QED) is 0.208. The molecule has 1 amide bonds. The van der Waals surface area contributed by atoms with Crippen molar-refractivity contribution in [1.29, 1.82) is 0 Å². The average molecular weight is 484 g/mol. The second-order valence-corrected chi connectivity index (χ2v) is 6.69. The van der Waals surface area contributed by atoms with Crippen molar-refractivity contribution in [3.63, 3.8) is 0 Å². The first-order chi connectivity index (χ1) is 15.2. The summed E-state index contributed by atoms with van der Waals surface area (Å²) in [7, 11) is 0. The van der Waals surface area contributed by atoms with E-state index in [-0.39, 0.29) is 95.1 Å². The first-order valence-electron chi connectivity index (χ1n) is 9.33. The van der Waals surface area contributed by atoms with Crippen LogP contribution in [0, 0.1) is 0 Å². The first-order valence-corrected chi connectivity index (χ1v) is 9.33. The van der Waals surface area contributed by atoms with Gasteiger partial charge in [0.2, 0.25) is 5.95 Å². The molecule has 3 rings (SSSR count). The van der Waals surface area contributed by atoms with Gasteiger partial charge in [-0.1, -0.05) is 0 Å². The summed E-state index contributed by atoms with van der Waals surface area (Å²) in [5.41, 5.74) is 13.3. The number of anilines is 3. The molecule has 0 radical (unpaired) electrons. The van der Waals surface area contributed by atoms with E-state index in [0.29, 0.717) is 16.9 Å². The predicted molar refractivity (Wildman–Crippen MR) is 108 cm³/mol. The Kier molecular flexibility index (Phi) is 11.6. The molecule has 13 nitrogen and oxygen atoms in total. The third-order valence-corrected chi connectivity index (χ3v) is 4.35. The third kappa shape index (κ3) is 8.04. The minimum absolute atomic E-state index is 0. The largest absolute Gasteiger partial charge is 1.00 e. The van der Waals surface area contributed by atoms with Gasteiger partial charge in [0.25, 0.3) is 5.91 Å². The molecule has 1 aromatic carbocycles. The zero-order chi connectivity index (χ0) is 23.3. The molecule has 0 saturated heterocycles. The average Bonchev–Trinajstić information content (AvgIpc) is 2.75. The van der Waals surface area contributed by atoms with Crippen LogP contribution in [0.1, 0.15) is 28.9 Å². The summed E-state index contributed by atoms with van der Waals surface area (Å²) in [4.78, 5) is 50.2. The van der Waals surface area contributed by atoms with Crippen LogP contribution in [0.2, 0.25) is 0 Å². The minimum atomic E-state index is -1.58. The van der Waals surface area contributed by atoms with Crippen molar-refractivity contribution in [3.05, 3.63) is 41.7 Å². The number of hydrogen-bond acceptors (Lipinski definition) is 12. The molecular formula is C19H18N8Na2O5. The van der Waals surface area contributed by atoms with Gasteiger partial charge in [0.15, 0.2) is 17.0 Å². The summed E-state index contributed by atoms with van der Waals surface area (Å²) >= 11 is 0. The summed E-state index contributed by atoms with van der Waals surface area (Å²) in [5, 5.41) is 26.9. The molecular weight excluding hydrogens is 466 g/mol. The van der Waals surface area contributed by atoms with E-state index in [4.69, 9.17) is 11.5 Å². The molecule has 2 aromatic heterocycles. The molecule has 6 N–H and O–H groups in total. The second-order valence-electron chi connectivity index (χ2n) is 6.69. The summed E-state index contributed by atoms with van der Waals surface area (Å²) < 4.78 is 0. The molecule has 0 aliphatic carbocycles. The molecule has 3 aromatic rings. The van der Waals surface area contributed by atoms with Gasteiger partial charge in [0, 0.05) is 17.2 Å². The van der Waals surface area contributed by atoms with E-state index in [0.717, 1.165) is 0 Å². The van der Waals surface area contributed by atoms with E-state index < -0.39 is 30.3 Å². The van der Waals surface area contributed by atoms with Crippen LogP contribution >= 0.6 is 0 Å². The number of carboxylic acid groups (broad SMARTS) is 2. The van der Waals surface area contributed by atoms with E-state index in [2.05, 4.69) is 30.6 Å². The molecule has 0 fully saturated rings. The van der Waals surface area contributed by atoms with E-state index >= 15 is 0 Å². The number of aromatic nitrogens is 4. The van der Waals surface area contributed by atoms with E-state index in [1.165, 1.54) is 18.3 Å². The SMILES string of the molecule is Nc1nc(N)c2nc(CNc3ccc(C(=O)N[C@@H](CCC(=O)[O-])C(=O)[O-])cc3)cnc2n1.[Na+].[Na+]. The van der Waals surface area contributed by atoms with Crippen molar-refractivity contribution in [2.75, 3.05) is 16.8 Å². The van der Waals surface area contributed by atoms with Gasteiger partial charge in [-0.3, -0.25) is 4.79 Å². The molecule has 0 bridgehead atoms. The van der Waals surface area contributed by atoms with Crippen LogP contribution in [0.5, 0.6) is 0 Å². The van der Waals surface area contributed by atoms with Gasteiger partial charge in [0.1, 0.15) is 0 Å². The van der Waals surface area contributed by atoms with Crippen LogP contribution in [0.3, 0.4) is 0 Å². The Morgan fingerprint density at radius 1 is 1.00 bits per heavy atom. The maximum absolute atomic E-state index is 12.2. The summed E-state index contributed by atoms with van der Waals surface area (Å²) in [6, 6.07) is 4.72. The summed E-state index contributed by atoms with van der Waals surface area (Å²) in [6.45, 7) is 0.286. The van der Waals surface area contributed by atoms with Crippen molar-refractivity contribution in [1.82, 2.24) is 25.3 Å². The van der Waals surface area contributed by atoms with Crippen LogP contribution in [0.15, 0.2) is 30.5 Å². The number of carboxylic acids is 2. The number of amides is 1. The molecule has 15 heteroatoms. The van der Waals surface area contributed by atoms with Crippen molar-refractivity contribution < 1.29 is 83.7 Å². The third-order valence-electron chi connectivity index (χ3n) is 4.35. The number of fused-ring (bicyclic) bond motifs is 1. The predicted octanol–water partition coefficient (Wildman–Crippen LogP) is -8.42. The van der Waals surface area contributed by atoms with Crippen molar-refractivity contribution in [2.24, 2.45) is 0 Å². The fourth-order valence-corrected chi connectivity index (χ4v) is 2.75. The summed E-state index contributed by atoms with van der Waals surface area (Å²) in [5.74, 6) is -3.56. The van der Waals surface area contributed by atoms with Crippen LogP contribution in [0.4, 0.5) is 17.5 Å². The van der Waals surface area contributed by atoms with Crippen LogP contribution in [0.25, 0.3) is 11.2 Å². The van der Waals surface area contributed by atoms with Gasteiger partial charge in [-0.2, -0.15) is 9.97 Å². The van der Waals surface area contributed by atoms with Crippen LogP contribution in [-0.4, -0.2) is 43.8 Å². The molecule has 0 aliphatic heterocycles. The molecule has 0 saturated carbocycles. The van der Waals surface area contributed by atoms with E-state index in [1.54, 1.807) is 12.1 Å². The fourth-order valence-electron chi connectivity index (χ4n) is 2.75. The Balaban J connectivity index is 0.00000289. The van der Waals surface area contributed by atoms with Crippen molar-refractivity contribution >= 4 is 46.5 Å². The van der Waals surface area contributed by atoms with Crippen molar-refractivity contribution in [3.8, 4) is 0 Å². The van der Waals surface area contributed by atoms with Gasteiger partial charge in [-0.25, -0.2) is 9.97 Å². The van der Waals surface area contributed by atoms with Crippen LogP contribution < -0.4 is 91.4 Å². The smallest absolute Gasteiger partial charge is 0.550 e. The monoisotopic (exact) mass is 484 g/mol. The normalized spacial score (nSPS) is 10.9. The number of carbonyl (C=O) groups is 3. The molecule has 0 spiro atoms. The van der Waals surface area contributed by atoms with Gasteiger partial charge in [-0.15, -0.1) is 0 Å². The number of nitrogen functional groups attached to an aromatic ring is 2. The number of benzene rings is 1. The maximum atomic E-state index is 12.2. The Morgan fingerprint density at radius 3 is 2.29 bits per heavy atom. The number of nitrogens with zero attached hydrogens (tertiary/aromatic N) is 4. The van der Waals surface area contributed by atoms with Gasteiger partial charge >= 0.3 is 59.1 Å². The number of hydrogen-bond donors (Lipinski definition) is 4. The number of carbonyl (C=O) groups excluding carboxylic acids is 3. The number of aliphatic carboxylic acids is 2. The topological polar surface area (TPSA) is 225 Å². The number of nitrogens with two attached hydrogens (primary N) is 2. The molecule has 166 valence electrons. The standard InChI is InChI=1S/C19H20N8O5.2Na/c20-15-14-16(27-19(21)26-15)23-8-11(24-14)7-22-10-3-1-9(2-4-10)17(30)25-12(18(31)32)5-6-13(28)29;;/h1-4,8,12,22H,5-7H2,(H,25,30)(H,28,29)(H,31,32)(H4,20,21,23,26,27);;/q;2*+1/p-2/t12-;;/m0../s1. The van der Waals surface area contributed by atoms with E-state index in [9.17, 15) is 24.6 Å². The van der Waals surface area contributed by atoms with Gasteiger partial charge < -0.3 is 41.9 Å². The first kappa shape index (κ1) is 29.5. The molecule has 34 heavy (non-hydrogen) atoms. The molecule has 0 aliphatic rings. The minimum Gasteiger partial charge on any atom is -0.550 e. The summed E-state index contributed by atoms with van der Waals surface area (Å²) in [6.07, 6.45) is 0.644. The number of rotatable bonds is 9. The molecule has 2 heterocycles. The zero-order valence-electron chi connectivity index (χ0n) is 18.6. The Bertz CT molecular complexity index is 1180. The number of nitrogens with one attached hydrogen (secondary N) is 2. The fraction of sp³-hybridized carbons (Fsp3) is 0.211. The Labute approximate surface area is 237 Å². The van der Waals surface area contributed by atoms with Gasteiger partial charge in [0.05, 0.1) is 30.4 Å². The second kappa shape index (κ2) is 13.4. The molecule has 1 atom stereocenters. The van der Waals surface area contributed by atoms with E-state index in [1.807, 2.05) is 0 Å². The maximum Gasteiger partial charge on any atom is 1.00 e. The van der Waals surface area contributed by atoms with Gasteiger partial charge in [-0.05, 0) is 37.1 Å². The van der Waals surface area contributed by atoms with Crippen molar-refractivity contribution in [2.45, 2.75) is 25.4 Å². The Morgan fingerprint density at radius 2 is 1.68 bits per heavy atom.